The van der Waals surface area contributed by atoms with Crippen molar-refractivity contribution in [3.05, 3.63) is 18.2 Å². The molecule has 0 spiro atoms. The summed E-state index contributed by atoms with van der Waals surface area (Å²) in [6, 6.07) is 5.57. The minimum absolute atomic E-state index is 0.720. The Morgan fingerprint density at radius 3 is 3.13 bits per heavy atom. The number of rotatable bonds is 3. The number of anilines is 1. The van der Waals surface area contributed by atoms with Crippen molar-refractivity contribution in [3.8, 4) is 0 Å². The van der Waals surface area contributed by atoms with E-state index in [1.54, 1.807) is 11.8 Å². The minimum atomic E-state index is 0.720. The van der Waals surface area contributed by atoms with Gasteiger partial charge in [-0.15, -0.1) is 0 Å². The number of fused-ring (bicyclic) bond motifs is 1. The first-order chi connectivity index (χ1) is 7.31. The predicted molar refractivity (Wildman–Crippen MR) is 61.9 cm³/mol. The van der Waals surface area contributed by atoms with Gasteiger partial charge in [0, 0.05) is 17.5 Å². The van der Waals surface area contributed by atoms with E-state index < -0.39 is 0 Å². The Hall–Kier alpha value is -1.16. The normalized spacial score (nSPS) is 16.0. The third kappa shape index (κ3) is 1.95. The van der Waals surface area contributed by atoms with Gasteiger partial charge in [-0.2, -0.15) is 0 Å². The van der Waals surface area contributed by atoms with Crippen molar-refractivity contribution >= 4 is 28.5 Å². The number of thioether (sulfide) groups is 1. The molecule has 1 saturated carbocycles. The van der Waals surface area contributed by atoms with E-state index in [0.717, 1.165) is 33.7 Å². The SMILES string of the molecule is Nc1ccc2nc(SCC3CC3)oc2c1. The molecule has 0 amide bonds. The van der Waals surface area contributed by atoms with Crippen LogP contribution in [0, 0.1) is 5.92 Å². The maximum Gasteiger partial charge on any atom is 0.256 e. The molecule has 1 heterocycles. The van der Waals surface area contributed by atoms with Crippen molar-refractivity contribution in [1.29, 1.82) is 0 Å². The summed E-state index contributed by atoms with van der Waals surface area (Å²) in [5.74, 6) is 2.01. The molecule has 0 aliphatic heterocycles. The fourth-order valence-electron chi connectivity index (χ4n) is 1.46. The highest BCUT2D eigenvalue weighted by Gasteiger charge is 2.22. The zero-order valence-electron chi connectivity index (χ0n) is 8.27. The fourth-order valence-corrected chi connectivity index (χ4v) is 2.48. The number of nitrogen functional groups attached to an aromatic ring is 1. The van der Waals surface area contributed by atoms with Crippen molar-refractivity contribution in [1.82, 2.24) is 4.98 Å². The first-order valence-electron chi connectivity index (χ1n) is 5.10. The molecule has 0 atom stereocenters. The standard InChI is InChI=1S/C11H12N2OS/c12-8-3-4-9-10(5-8)14-11(13-9)15-6-7-1-2-7/h3-5,7H,1-2,6,12H2. The molecule has 78 valence electrons. The topological polar surface area (TPSA) is 52.0 Å². The van der Waals surface area contributed by atoms with Gasteiger partial charge < -0.3 is 10.2 Å². The molecule has 2 N–H and O–H groups in total. The Balaban J connectivity index is 1.84. The van der Waals surface area contributed by atoms with Gasteiger partial charge >= 0.3 is 0 Å². The number of benzene rings is 1. The summed E-state index contributed by atoms with van der Waals surface area (Å²) in [5, 5.41) is 0.766. The van der Waals surface area contributed by atoms with Crippen molar-refractivity contribution in [2.24, 2.45) is 5.92 Å². The van der Waals surface area contributed by atoms with Gasteiger partial charge in [0.15, 0.2) is 5.58 Å². The molecule has 0 bridgehead atoms. The quantitative estimate of drug-likeness (QED) is 0.638. The van der Waals surface area contributed by atoms with Gasteiger partial charge in [0.1, 0.15) is 5.52 Å². The second-order valence-corrected chi connectivity index (χ2v) is 4.93. The van der Waals surface area contributed by atoms with Gasteiger partial charge in [-0.3, -0.25) is 0 Å². The Morgan fingerprint density at radius 2 is 2.33 bits per heavy atom. The van der Waals surface area contributed by atoms with Crippen LogP contribution in [0.5, 0.6) is 0 Å². The molecule has 2 aromatic rings. The van der Waals surface area contributed by atoms with Gasteiger partial charge in [0.05, 0.1) is 0 Å². The minimum Gasteiger partial charge on any atom is -0.431 e. The van der Waals surface area contributed by atoms with Gasteiger partial charge in [-0.05, 0) is 30.9 Å². The molecule has 1 fully saturated rings. The third-order valence-corrected chi connectivity index (χ3v) is 3.59. The van der Waals surface area contributed by atoms with Gasteiger partial charge in [-0.1, -0.05) is 11.8 Å². The van der Waals surface area contributed by atoms with Gasteiger partial charge in [-0.25, -0.2) is 4.98 Å². The number of aromatic nitrogens is 1. The Morgan fingerprint density at radius 1 is 1.47 bits per heavy atom. The molecule has 0 unspecified atom stereocenters. The van der Waals surface area contributed by atoms with Crippen LogP contribution in [0.2, 0.25) is 0 Å². The zero-order chi connectivity index (χ0) is 10.3. The maximum atomic E-state index is 5.67. The molecule has 4 heteroatoms. The average Bonchev–Trinajstić information content (AvgIpc) is 2.95. The second-order valence-electron chi connectivity index (χ2n) is 3.96. The molecule has 1 aromatic heterocycles. The van der Waals surface area contributed by atoms with E-state index in [4.69, 9.17) is 10.2 Å². The van der Waals surface area contributed by atoms with Crippen LogP contribution in [0.4, 0.5) is 5.69 Å². The van der Waals surface area contributed by atoms with E-state index >= 15 is 0 Å². The molecule has 1 aliphatic carbocycles. The van der Waals surface area contributed by atoms with E-state index in [9.17, 15) is 0 Å². The Labute approximate surface area is 92.0 Å². The van der Waals surface area contributed by atoms with Crippen LogP contribution in [0.1, 0.15) is 12.8 Å². The monoisotopic (exact) mass is 220 g/mol. The van der Waals surface area contributed by atoms with Crippen molar-refractivity contribution in [2.75, 3.05) is 11.5 Å². The van der Waals surface area contributed by atoms with Crippen molar-refractivity contribution in [2.45, 2.75) is 18.1 Å². The average molecular weight is 220 g/mol. The first-order valence-corrected chi connectivity index (χ1v) is 6.09. The van der Waals surface area contributed by atoms with E-state index in [0.29, 0.717) is 0 Å². The number of hydrogen-bond donors (Lipinski definition) is 1. The Kier molecular flexibility index (Phi) is 2.09. The lowest BCUT2D eigenvalue weighted by Crippen LogP contribution is -1.81. The van der Waals surface area contributed by atoms with Crippen LogP contribution >= 0.6 is 11.8 Å². The van der Waals surface area contributed by atoms with Gasteiger partial charge in [0.2, 0.25) is 0 Å². The summed E-state index contributed by atoms with van der Waals surface area (Å²) in [5.41, 5.74) is 8.07. The smallest absolute Gasteiger partial charge is 0.256 e. The van der Waals surface area contributed by atoms with Crippen LogP contribution in [-0.4, -0.2) is 10.7 Å². The highest BCUT2D eigenvalue weighted by atomic mass is 32.2. The number of hydrogen-bond acceptors (Lipinski definition) is 4. The number of nitrogens with zero attached hydrogens (tertiary/aromatic N) is 1. The highest BCUT2D eigenvalue weighted by Crippen LogP contribution is 2.35. The van der Waals surface area contributed by atoms with Crippen LogP contribution < -0.4 is 5.73 Å². The summed E-state index contributed by atoms with van der Waals surface area (Å²) in [6.45, 7) is 0. The molecule has 3 rings (SSSR count). The lowest BCUT2D eigenvalue weighted by Gasteiger charge is -1.91. The predicted octanol–water partition coefficient (Wildman–Crippen LogP) is 2.91. The molecular formula is C11H12N2OS. The molecule has 15 heavy (non-hydrogen) atoms. The fraction of sp³-hybridized carbons (Fsp3) is 0.364. The van der Waals surface area contributed by atoms with E-state index in [1.165, 1.54) is 12.8 Å². The molecule has 1 aliphatic rings. The van der Waals surface area contributed by atoms with Crippen LogP contribution in [0.25, 0.3) is 11.1 Å². The van der Waals surface area contributed by atoms with Crippen molar-refractivity contribution in [3.63, 3.8) is 0 Å². The molecular weight excluding hydrogens is 208 g/mol. The summed E-state index contributed by atoms with van der Waals surface area (Å²) >= 11 is 1.70. The lowest BCUT2D eigenvalue weighted by molar-refractivity contribution is 0.489. The van der Waals surface area contributed by atoms with Crippen molar-refractivity contribution < 1.29 is 4.42 Å². The summed E-state index contributed by atoms with van der Waals surface area (Å²) < 4.78 is 5.60. The molecule has 0 saturated heterocycles. The largest absolute Gasteiger partial charge is 0.431 e. The van der Waals surface area contributed by atoms with E-state index in [2.05, 4.69) is 4.98 Å². The lowest BCUT2D eigenvalue weighted by atomic mass is 10.3. The summed E-state index contributed by atoms with van der Waals surface area (Å²) in [6.07, 6.45) is 2.72. The van der Waals surface area contributed by atoms with E-state index in [1.807, 2.05) is 18.2 Å². The maximum absolute atomic E-state index is 5.67. The van der Waals surface area contributed by atoms with E-state index in [-0.39, 0.29) is 0 Å². The van der Waals surface area contributed by atoms with Crippen LogP contribution in [0.3, 0.4) is 0 Å². The second kappa shape index (κ2) is 3.45. The first kappa shape index (κ1) is 9.09. The molecule has 0 radical (unpaired) electrons. The zero-order valence-corrected chi connectivity index (χ0v) is 9.09. The van der Waals surface area contributed by atoms with Crippen LogP contribution in [-0.2, 0) is 0 Å². The summed E-state index contributed by atoms with van der Waals surface area (Å²) in [4.78, 5) is 4.39. The molecule has 1 aromatic carbocycles. The van der Waals surface area contributed by atoms with Crippen LogP contribution in [0.15, 0.2) is 27.8 Å². The van der Waals surface area contributed by atoms with Gasteiger partial charge in [0.25, 0.3) is 5.22 Å². The number of oxazole rings is 1. The Bertz CT molecular complexity index is 490. The highest BCUT2D eigenvalue weighted by molar-refractivity contribution is 7.99. The number of nitrogens with two attached hydrogens (primary N) is 1. The summed E-state index contributed by atoms with van der Waals surface area (Å²) in [7, 11) is 0. The molecule has 3 nitrogen and oxygen atoms in total. The third-order valence-electron chi connectivity index (χ3n) is 2.53.